The number of carbonyl (C=O) groups is 2. The Morgan fingerprint density at radius 1 is 1.40 bits per heavy atom. The number of fused-ring (bicyclic) bond motifs is 1. The number of ether oxygens (including phenoxy) is 1. The van der Waals surface area contributed by atoms with Gasteiger partial charge in [0, 0.05) is 12.5 Å². The van der Waals surface area contributed by atoms with Crippen molar-refractivity contribution in [2.75, 3.05) is 0 Å². The maximum absolute atomic E-state index is 12.5. The van der Waals surface area contributed by atoms with Crippen molar-refractivity contribution in [3.8, 4) is 0 Å². The van der Waals surface area contributed by atoms with Crippen LogP contribution in [0.5, 0.6) is 0 Å². The lowest BCUT2D eigenvalue weighted by Crippen LogP contribution is -2.61. The number of hydrogen-bond donors (Lipinski definition) is 0. The highest BCUT2D eigenvalue weighted by Gasteiger charge is 2.48. The van der Waals surface area contributed by atoms with E-state index in [0.717, 1.165) is 18.0 Å². The van der Waals surface area contributed by atoms with Gasteiger partial charge in [-0.25, -0.2) is 4.79 Å². The number of β-lactam (4-membered cyclic amide) rings is 1. The van der Waals surface area contributed by atoms with Crippen LogP contribution in [0.25, 0.3) is 0 Å². The van der Waals surface area contributed by atoms with Gasteiger partial charge >= 0.3 is 5.97 Å². The van der Waals surface area contributed by atoms with Gasteiger partial charge in [-0.05, 0) is 26.7 Å². The van der Waals surface area contributed by atoms with Crippen LogP contribution in [0.4, 0.5) is 0 Å². The zero-order valence-corrected chi connectivity index (χ0v) is 14.1. The maximum atomic E-state index is 12.5. The third-order valence-electron chi connectivity index (χ3n) is 3.97. The molecule has 4 nitrogen and oxygen atoms in total. The van der Waals surface area contributed by atoms with E-state index in [-0.39, 0.29) is 24.0 Å². The molecule has 1 saturated heterocycles. The van der Waals surface area contributed by atoms with Gasteiger partial charge in [0.2, 0.25) is 5.91 Å². The van der Waals surface area contributed by atoms with Crippen molar-refractivity contribution in [1.82, 2.24) is 4.90 Å². The summed E-state index contributed by atoms with van der Waals surface area (Å²) in [5.74, 6) is -0.166. The molecule has 2 heterocycles. The van der Waals surface area contributed by atoms with Crippen LogP contribution < -0.4 is 0 Å². The van der Waals surface area contributed by atoms with Crippen LogP contribution in [0.2, 0.25) is 19.6 Å². The van der Waals surface area contributed by atoms with E-state index in [1.165, 1.54) is 0 Å². The van der Waals surface area contributed by atoms with Crippen LogP contribution in [-0.4, -0.2) is 43.0 Å². The van der Waals surface area contributed by atoms with Gasteiger partial charge in [0.15, 0.2) is 0 Å². The number of nitrogens with zero attached hydrogens (tertiary/aromatic N) is 1. The monoisotopic (exact) mass is 295 g/mol. The number of rotatable bonds is 3. The first-order valence-corrected chi connectivity index (χ1v) is 10.9. The number of hydrogen-bond acceptors (Lipinski definition) is 3. The van der Waals surface area contributed by atoms with E-state index in [9.17, 15) is 9.59 Å². The van der Waals surface area contributed by atoms with Crippen LogP contribution in [0, 0.1) is 0 Å². The largest absolute Gasteiger partial charge is 0.461 e. The molecule has 2 rings (SSSR count). The van der Waals surface area contributed by atoms with E-state index >= 15 is 0 Å². The van der Waals surface area contributed by atoms with Gasteiger partial charge in [0.05, 0.1) is 14.2 Å². The fraction of sp³-hybridized carbons (Fsp3) is 0.733. The summed E-state index contributed by atoms with van der Waals surface area (Å²) in [6.45, 7) is 10.4. The molecule has 5 heteroatoms. The lowest BCUT2D eigenvalue weighted by molar-refractivity contribution is -0.165. The topological polar surface area (TPSA) is 46.6 Å². The maximum Gasteiger partial charge on any atom is 0.333 e. The minimum absolute atomic E-state index is 0.0896. The van der Waals surface area contributed by atoms with Crippen molar-refractivity contribution in [2.45, 2.75) is 70.9 Å². The summed E-state index contributed by atoms with van der Waals surface area (Å²) in [7, 11) is -1.67. The van der Waals surface area contributed by atoms with Crippen LogP contribution >= 0.6 is 0 Å². The number of carbonyl (C=O) groups excluding carboxylic acids is 2. The van der Waals surface area contributed by atoms with Crippen LogP contribution in [0.3, 0.4) is 0 Å². The SMILES string of the molecule is CC(C)OC(=O)C1C([Si](C)(C)C)=CCCC2CC(=O)N21. The summed E-state index contributed by atoms with van der Waals surface area (Å²) in [5, 5.41) is 1.15. The Hall–Kier alpha value is -1.10. The van der Waals surface area contributed by atoms with Gasteiger partial charge in [0.25, 0.3) is 0 Å². The van der Waals surface area contributed by atoms with Crippen LogP contribution in [0.1, 0.15) is 33.1 Å². The smallest absolute Gasteiger partial charge is 0.333 e. The predicted molar refractivity (Wildman–Crippen MR) is 80.9 cm³/mol. The second kappa shape index (κ2) is 5.35. The van der Waals surface area contributed by atoms with Gasteiger partial charge in [-0.3, -0.25) is 4.79 Å². The quantitative estimate of drug-likeness (QED) is 0.456. The number of amides is 1. The van der Waals surface area contributed by atoms with Crippen molar-refractivity contribution in [2.24, 2.45) is 0 Å². The molecule has 112 valence electrons. The Kier molecular flexibility index (Phi) is 4.09. The molecule has 2 aliphatic heterocycles. The third-order valence-corrected chi connectivity index (χ3v) is 6.18. The van der Waals surface area contributed by atoms with Crippen molar-refractivity contribution >= 4 is 20.0 Å². The van der Waals surface area contributed by atoms with Crippen molar-refractivity contribution in [1.29, 1.82) is 0 Å². The fourth-order valence-electron chi connectivity index (χ4n) is 3.04. The minimum atomic E-state index is -1.67. The molecule has 1 fully saturated rings. The first-order valence-electron chi connectivity index (χ1n) is 7.44. The molecular formula is C15H25NO3Si. The Morgan fingerprint density at radius 2 is 2.05 bits per heavy atom. The van der Waals surface area contributed by atoms with E-state index in [1.54, 1.807) is 4.90 Å². The molecule has 1 amide bonds. The molecular weight excluding hydrogens is 270 g/mol. The summed E-state index contributed by atoms with van der Waals surface area (Å²) >= 11 is 0. The lowest BCUT2D eigenvalue weighted by atomic mass is 9.96. The number of esters is 1. The van der Waals surface area contributed by atoms with Gasteiger partial charge in [-0.1, -0.05) is 30.9 Å². The Bertz CT molecular complexity index is 451. The van der Waals surface area contributed by atoms with Gasteiger partial charge in [0.1, 0.15) is 6.04 Å². The Balaban J connectivity index is 2.35. The van der Waals surface area contributed by atoms with Gasteiger partial charge in [-0.2, -0.15) is 0 Å². The first-order chi connectivity index (χ1) is 9.21. The molecule has 0 bridgehead atoms. The molecule has 2 atom stereocenters. The first kappa shape index (κ1) is 15.3. The van der Waals surface area contributed by atoms with Crippen molar-refractivity contribution < 1.29 is 14.3 Å². The molecule has 0 aromatic rings. The standard InChI is InChI=1S/C15H25NO3Si/c1-10(2)19-15(18)14-12(20(3,4)5)8-6-7-11-9-13(17)16(11)14/h8,10-11,14H,6-7,9H2,1-5H3. The average molecular weight is 295 g/mol. The summed E-state index contributed by atoms with van der Waals surface area (Å²) in [4.78, 5) is 26.3. The zero-order valence-electron chi connectivity index (χ0n) is 13.1. The molecule has 0 spiro atoms. The molecule has 0 aromatic heterocycles. The van der Waals surface area contributed by atoms with E-state index in [2.05, 4.69) is 25.7 Å². The second-order valence-corrected chi connectivity index (χ2v) is 12.1. The second-order valence-electron chi connectivity index (χ2n) is 7.03. The molecule has 20 heavy (non-hydrogen) atoms. The minimum Gasteiger partial charge on any atom is -0.461 e. The van der Waals surface area contributed by atoms with Gasteiger partial charge < -0.3 is 9.64 Å². The normalized spacial score (nSPS) is 26.6. The third kappa shape index (κ3) is 2.82. The Labute approximate surface area is 122 Å². The molecule has 2 aliphatic rings. The van der Waals surface area contributed by atoms with Crippen LogP contribution in [-0.2, 0) is 14.3 Å². The molecule has 0 aromatic carbocycles. The number of allylic oxidation sites excluding steroid dienone is 1. The molecule has 0 aliphatic carbocycles. The van der Waals surface area contributed by atoms with Gasteiger partial charge in [-0.15, -0.1) is 0 Å². The predicted octanol–water partition coefficient (Wildman–Crippen LogP) is 2.51. The molecule has 2 unspecified atom stereocenters. The van der Waals surface area contributed by atoms with E-state index < -0.39 is 14.1 Å². The van der Waals surface area contributed by atoms with E-state index in [1.807, 2.05) is 13.8 Å². The fourth-order valence-corrected chi connectivity index (χ4v) is 4.87. The Morgan fingerprint density at radius 3 is 2.55 bits per heavy atom. The lowest BCUT2D eigenvalue weighted by Gasteiger charge is -2.45. The van der Waals surface area contributed by atoms with Crippen molar-refractivity contribution in [3.63, 3.8) is 0 Å². The average Bonchev–Trinajstić information content (AvgIpc) is 2.43. The summed E-state index contributed by atoms with van der Waals surface area (Å²) in [5.41, 5.74) is 0. The zero-order chi connectivity index (χ0) is 15.1. The van der Waals surface area contributed by atoms with E-state index in [4.69, 9.17) is 4.74 Å². The van der Waals surface area contributed by atoms with Crippen molar-refractivity contribution in [3.05, 3.63) is 11.3 Å². The highest BCUT2D eigenvalue weighted by atomic mass is 28.3. The summed E-state index contributed by atoms with van der Waals surface area (Å²) in [6, 6.07) is -0.255. The highest BCUT2D eigenvalue weighted by molar-refractivity contribution is 6.83. The molecule has 0 N–H and O–H groups in total. The molecule has 0 radical (unpaired) electrons. The summed E-state index contributed by atoms with van der Waals surface area (Å²) in [6.07, 6.45) is 4.55. The molecule has 0 saturated carbocycles. The summed E-state index contributed by atoms with van der Waals surface area (Å²) < 4.78 is 5.42. The van der Waals surface area contributed by atoms with Crippen LogP contribution in [0.15, 0.2) is 11.3 Å². The van der Waals surface area contributed by atoms with E-state index in [0.29, 0.717) is 6.42 Å². The highest BCUT2D eigenvalue weighted by Crippen LogP contribution is 2.36.